The molecule has 146 valence electrons. The summed E-state index contributed by atoms with van der Waals surface area (Å²) < 4.78 is 0. The fourth-order valence-electron chi connectivity index (χ4n) is 3.50. The topological polar surface area (TPSA) is 80.2 Å². The van der Waals surface area contributed by atoms with E-state index in [1.165, 1.54) is 12.1 Å². The van der Waals surface area contributed by atoms with Crippen LogP contribution in [0.3, 0.4) is 0 Å². The Morgan fingerprint density at radius 2 is 1.96 bits per heavy atom. The number of hydrogen-bond donors (Lipinski definition) is 3. The van der Waals surface area contributed by atoms with Gasteiger partial charge in [-0.15, -0.1) is 0 Å². The van der Waals surface area contributed by atoms with Crippen LogP contribution >= 0.6 is 0 Å². The van der Waals surface area contributed by atoms with Crippen molar-refractivity contribution in [3.63, 3.8) is 0 Å². The zero-order chi connectivity index (χ0) is 19.1. The fourth-order valence-corrected chi connectivity index (χ4v) is 3.50. The molecule has 1 atom stereocenters. The summed E-state index contributed by atoms with van der Waals surface area (Å²) in [6, 6.07) is 6.81. The Hall–Kier alpha value is -2.54. The Bertz CT molecular complexity index is 678. The number of phenolic OH excluding ortho intramolecular Hbond substituents is 1. The lowest BCUT2D eigenvalue weighted by Crippen LogP contribution is -2.43. The van der Waals surface area contributed by atoms with Gasteiger partial charge in [-0.1, -0.05) is 12.2 Å². The fraction of sp³-hybridized carbons (Fsp3) is 0.500. The van der Waals surface area contributed by atoms with Gasteiger partial charge in [0.15, 0.2) is 5.96 Å². The lowest BCUT2D eigenvalue weighted by atomic mass is 10.2. The molecule has 1 saturated heterocycles. The lowest BCUT2D eigenvalue weighted by Gasteiger charge is -2.25. The van der Waals surface area contributed by atoms with Crippen LogP contribution in [-0.2, 0) is 0 Å². The van der Waals surface area contributed by atoms with Gasteiger partial charge in [-0.2, -0.15) is 0 Å². The lowest BCUT2D eigenvalue weighted by molar-refractivity contribution is 0.0955. The van der Waals surface area contributed by atoms with Crippen molar-refractivity contribution in [3.05, 3.63) is 42.0 Å². The first kappa shape index (κ1) is 19.2. The quantitative estimate of drug-likeness (QED) is 0.301. The van der Waals surface area contributed by atoms with Crippen molar-refractivity contribution in [2.45, 2.75) is 19.4 Å². The number of guanidine groups is 1. The van der Waals surface area contributed by atoms with Crippen molar-refractivity contribution >= 4 is 11.9 Å². The van der Waals surface area contributed by atoms with Crippen LogP contribution in [0, 0.1) is 0 Å². The predicted molar refractivity (Wildman–Crippen MR) is 107 cm³/mol. The largest absolute Gasteiger partial charge is 0.508 e. The van der Waals surface area contributed by atoms with Crippen LogP contribution in [0.1, 0.15) is 23.7 Å². The maximum Gasteiger partial charge on any atom is 0.251 e. The van der Waals surface area contributed by atoms with Crippen molar-refractivity contribution in [1.29, 1.82) is 0 Å². The molecule has 0 aromatic heterocycles. The minimum atomic E-state index is -0.155. The molecule has 1 aromatic carbocycles. The normalized spacial score (nSPS) is 20.3. The monoisotopic (exact) mass is 371 g/mol. The molecule has 3 N–H and O–H groups in total. The minimum absolute atomic E-state index is 0.153. The number of nitrogens with zero attached hydrogens (tertiary/aromatic N) is 3. The Labute approximate surface area is 160 Å². The van der Waals surface area contributed by atoms with Crippen LogP contribution in [0.25, 0.3) is 0 Å². The first-order valence-corrected chi connectivity index (χ1v) is 9.67. The Morgan fingerprint density at radius 3 is 2.67 bits per heavy atom. The Balaban J connectivity index is 1.47. The highest BCUT2D eigenvalue weighted by molar-refractivity contribution is 5.94. The maximum absolute atomic E-state index is 12.1. The molecule has 7 nitrogen and oxygen atoms in total. The van der Waals surface area contributed by atoms with Gasteiger partial charge in [-0.25, -0.2) is 0 Å². The number of rotatable bonds is 6. The Morgan fingerprint density at radius 1 is 1.22 bits per heavy atom. The average molecular weight is 371 g/mol. The number of likely N-dealkylation sites (tertiary alicyclic amines) is 1. The molecule has 0 radical (unpaired) electrons. The van der Waals surface area contributed by atoms with Crippen LogP contribution in [-0.4, -0.2) is 78.6 Å². The molecule has 0 saturated carbocycles. The minimum Gasteiger partial charge on any atom is -0.508 e. The van der Waals surface area contributed by atoms with Crippen LogP contribution in [0.5, 0.6) is 5.75 Å². The van der Waals surface area contributed by atoms with Gasteiger partial charge >= 0.3 is 0 Å². The molecule has 2 heterocycles. The summed E-state index contributed by atoms with van der Waals surface area (Å²) in [6.45, 7) is 8.00. The highest BCUT2D eigenvalue weighted by Gasteiger charge is 2.29. The third kappa shape index (κ3) is 5.23. The van der Waals surface area contributed by atoms with Gasteiger partial charge < -0.3 is 20.6 Å². The zero-order valence-electron chi connectivity index (χ0n) is 15.9. The van der Waals surface area contributed by atoms with Crippen LogP contribution in [0.4, 0.5) is 0 Å². The molecular weight excluding hydrogens is 342 g/mol. The summed E-state index contributed by atoms with van der Waals surface area (Å²) >= 11 is 0. The van der Waals surface area contributed by atoms with Gasteiger partial charge in [0, 0.05) is 50.9 Å². The number of aliphatic imine (C=N–C) groups is 1. The second-order valence-electron chi connectivity index (χ2n) is 6.85. The van der Waals surface area contributed by atoms with Gasteiger partial charge in [0.05, 0.1) is 6.54 Å². The van der Waals surface area contributed by atoms with E-state index in [9.17, 15) is 9.90 Å². The molecule has 1 fully saturated rings. The van der Waals surface area contributed by atoms with E-state index < -0.39 is 0 Å². The summed E-state index contributed by atoms with van der Waals surface area (Å²) in [4.78, 5) is 21.6. The Kier molecular flexibility index (Phi) is 6.70. The van der Waals surface area contributed by atoms with E-state index in [4.69, 9.17) is 0 Å². The summed E-state index contributed by atoms with van der Waals surface area (Å²) in [6.07, 6.45) is 5.63. The first-order chi connectivity index (χ1) is 13.2. The second kappa shape index (κ2) is 9.41. The van der Waals surface area contributed by atoms with Crippen LogP contribution < -0.4 is 10.6 Å². The number of aromatic hydroxyl groups is 1. The third-order valence-corrected chi connectivity index (χ3v) is 4.95. The standard InChI is InChI=1S/C20H29N5O2/c1-2-21-20(25-14-9-17(15-25)24-12-3-4-13-24)23-11-10-22-19(27)16-5-7-18(26)8-6-16/h3-8,17,26H,2,9-15H2,1H3,(H,21,23)(H,22,27). The molecular formula is C20H29N5O2. The second-order valence-corrected chi connectivity index (χ2v) is 6.85. The number of amides is 1. The van der Waals surface area contributed by atoms with Gasteiger partial charge in [0.25, 0.3) is 5.91 Å². The molecule has 2 aliphatic rings. The molecule has 27 heavy (non-hydrogen) atoms. The molecule has 7 heteroatoms. The average Bonchev–Trinajstić information content (AvgIpc) is 3.36. The molecule has 0 aliphatic carbocycles. The maximum atomic E-state index is 12.1. The van der Waals surface area contributed by atoms with Crippen molar-refractivity contribution in [1.82, 2.24) is 20.4 Å². The molecule has 3 rings (SSSR count). The van der Waals surface area contributed by atoms with Crippen LogP contribution in [0.15, 0.2) is 41.4 Å². The van der Waals surface area contributed by atoms with Gasteiger partial charge in [0.1, 0.15) is 5.75 Å². The van der Waals surface area contributed by atoms with E-state index in [0.717, 1.165) is 45.1 Å². The van der Waals surface area contributed by atoms with Gasteiger partial charge in [-0.3, -0.25) is 14.7 Å². The molecule has 1 aromatic rings. The summed E-state index contributed by atoms with van der Waals surface area (Å²) in [7, 11) is 0. The van der Waals surface area contributed by atoms with Crippen LogP contribution in [0.2, 0.25) is 0 Å². The number of nitrogens with one attached hydrogen (secondary N) is 2. The number of carbonyl (C=O) groups is 1. The predicted octanol–water partition coefficient (Wildman–Crippen LogP) is 1.03. The molecule has 1 amide bonds. The third-order valence-electron chi connectivity index (χ3n) is 4.95. The SMILES string of the molecule is CCNC(=NCCNC(=O)c1ccc(O)cc1)N1CCC(N2CC=CC2)C1. The molecule has 0 bridgehead atoms. The summed E-state index contributed by atoms with van der Waals surface area (Å²) in [5, 5.41) is 15.5. The van der Waals surface area contributed by atoms with Gasteiger partial charge in [-0.05, 0) is 37.6 Å². The zero-order valence-corrected chi connectivity index (χ0v) is 15.9. The first-order valence-electron chi connectivity index (χ1n) is 9.67. The van der Waals surface area contributed by atoms with E-state index in [1.54, 1.807) is 12.1 Å². The summed E-state index contributed by atoms with van der Waals surface area (Å²) in [5.74, 6) is 0.920. The van der Waals surface area contributed by atoms with Crippen molar-refractivity contribution in [2.75, 3.05) is 45.8 Å². The molecule has 2 aliphatic heterocycles. The number of carbonyl (C=O) groups excluding carboxylic acids is 1. The smallest absolute Gasteiger partial charge is 0.251 e. The highest BCUT2D eigenvalue weighted by Crippen LogP contribution is 2.17. The highest BCUT2D eigenvalue weighted by atomic mass is 16.3. The van der Waals surface area contributed by atoms with E-state index >= 15 is 0 Å². The molecule has 1 unspecified atom stereocenters. The number of benzene rings is 1. The van der Waals surface area contributed by atoms with Gasteiger partial charge in [0.2, 0.25) is 0 Å². The number of hydrogen-bond acceptors (Lipinski definition) is 4. The van der Waals surface area contributed by atoms with Crippen molar-refractivity contribution in [3.8, 4) is 5.75 Å². The van der Waals surface area contributed by atoms with E-state index in [-0.39, 0.29) is 11.7 Å². The van der Waals surface area contributed by atoms with E-state index in [1.807, 2.05) is 0 Å². The number of phenols is 1. The summed E-state index contributed by atoms with van der Waals surface area (Å²) in [5.41, 5.74) is 0.533. The molecule has 0 spiro atoms. The van der Waals surface area contributed by atoms with E-state index in [2.05, 4.69) is 44.5 Å². The van der Waals surface area contributed by atoms with Crippen molar-refractivity contribution < 1.29 is 9.90 Å². The van der Waals surface area contributed by atoms with Crippen molar-refractivity contribution in [2.24, 2.45) is 4.99 Å². The van der Waals surface area contributed by atoms with E-state index in [0.29, 0.717) is 24.7 Å².